The predicted molar refractivity (Wildman–Crippen MR) is 92.4 cm³/mol. The van der Waals surface area contributed by atoms with Crippen LogP contribution in [-0.4, -0.2) is 29.4 Å². The zero-order valence-corrected chi connectivity index (χ0v) is 14.9. The van der Waals surface area contributed by atoms with Crippen molar-refractivity contribution in [3.63, 3.8) is 0 Å². The Morgan fingerprint density at radius 3 is 2.52 bits per heavy atom. The first-order chi connectivity index (χ1) is 11.9. The quantitative estimate of drug-likeness (QED) is 0.794. The number of carbonyl (C=O) groups is 3. The Morgan fingerprint density at radius 2 is 1.92 bits per heavy atom. The number of hydrogen-bond acceptors (Lipinski definition) is 7. The third-order valence-corrected chi connectivity index (χ3v) is 4.16. The second-order valence-corrected chi connectivity index (χ2v) is 6.04. The number of nitrogens with zero attached hydrogens (tertiary/aromatic N) is 1. The molecule has 1 aromatic heterocycles. The van der Waals surface area contributed by atoms with Crippen molar-refractivity contribution in [2.24, 2.45) is 0 Å². The van der Waals surface area contributed by atoms with Crippen LogP contribution in [0.2, 0.25) is 0 Å². The predicted octanol–water partition coefficient (Wildman–Crippen LogP) is 2.87. The molecular formula is C17H18N2O5S. The molecule has 1 atom stereocenters. The van der Waals surface area contributed by atoms with Gasteiger partial charge in [-0.1, -0.05) is 41.7 Å². The van der Waals surface area contributed by atoms with Crippen LogP contribution in [0.25, 0.3) is 0 Å². The van der Waals surface area contributed by atoms with Gasteiger partial charge in [-0.05, 0) is 13.8 Å². The van der Waals surface area contributed by atoms with Crippen LogP contribution < -0.4 is 5.32 Å². The summed E-state index contributed by atoms with van der Waals surface area (Å²) in [7, 11) is 0. The topological polar surface area (TPSA) is 94.6 Å². The van der Waals surface area contributed by atoms with E-state index in [1.807, 2.05) is 0 Å². The maximum absolute atomic E-state index is 12.5. The SMILES string of the molecule is CCOC(=O)c1sc(NC(=O)[C@H](OC(C)=O)c2ccccc2)nc1C. The highest BCUT2D eigenvalue weighted by molar-refractivity contribution is 7.17. The fraction of sp³-hybridized carbons (Fsp3) is 0.294. The van der Waals surface area contributed by atoms with E-state index in [9.17, 15) is 14.4 Å². The maximum Gasteiger partial charge on any atom is 0.350 e. The van der Waals surface area contributed by atoms with Crippen LogP contribution in [0.5, 0.6) is 0 Å². The number of aryl methyl sites for hydroxylation is 1. The largest absolute Gasteiger partial charge is 0.462 e. The summed E-state index contributed by atoms with van der Waals surface area (Å²) >= 11 is 1.01. The van der Waals surface area contributed by atoms with Gasteiger partial charge in [-0.25, -0.2) is 9.78 Å². The monoisotopic (exact) mass is 362 g/mol. The van der Waals surface area contributed by atoms with Crippen molar-refractivity contribution in [1.82, 2.24) is 4.98 Å². The van der Waals surface area contributed by atoms with Crippen LogP contribution in [-0.2, 0) is 19.1 Å². The molecule has 7 nitrogen and oxygen atoms in total. The molecule has 1 heterocycles. The van der Waals surface area contributed by atoms with Crippen molar-refractivity contribution in [2.75, 3.05) is 11.9 Å². The molecule has 2 rings (SSSR count). The van der Waals surface area contributed by atoms with E-state index in [4.69, 9.17) is 9.47 Å². The Kier molecular flexibility index (Phi) is 6.24. The molecule has 0 radical (unpaired) electrons. The lowest BCUT2D eigenvalue weighted by Crippen LogP contribution is -2.25. The normalized spacial score (nSPS) is 11.5. The summed E-state index contributed by atoms with van der Waals surface area (Å²) in [6.07, 6.45) is -1.10. The molecule has 132 valence electrons. The van der Waals surface area contributed by atoms with Crippen molar-refractivity contribution in [2.45, 2.75) is 26.9 Å². The van der Waals surface area contributed by atoms with Gasteiger partial charge in [0.05, 0.1) is 12.3 Å². The molecule has 25 heavy (non-hydrogen) atoms. The lowest BCUT2D eigenvalue weighted by Gasteiger charge is -2.16. The van der Waals surface area contributed by atoms with E-state index in [0.717, 1.165) is 11.3 Å². The fourth-order valence-electron chi connectivity index (χ4n) is 2.07. The molecule has 0 fully saturated rings. The van der Waals surface area contributed by atoms with E-state index in [1.54, 1.807) is 44.2 Å². The highest BCUT2D eigenvalue weighted by Gasteiger charge is 2.25. The van der Waals surface area contributed by atoms with E-state index in [2.05, 4.69) is 10.3 Å². The molecule has 0 aliphatic heterocycles. The summed E-state index contributed by atoms with van der Waals surface area (Å²) in [4.78, 5) is 40.2. The maximum atomic E-state index is 12.5. The van der Waals surface area contributed by atoms with Gasteiger partial charge >= 0.3 is 11.9 Å². The van der Waals surface area contributed by atoms with Gasteiger partial charge < -0.3 is 9.47 Å². The zero-order valence-electron chi connectivity index (χ0n) is 14.1. The van der Waals surface area contributed by atoms with Crippen LogP contribution in [0.1, 0.15) is 40.9 Å². The standard InChI is InChI=1S/C17H18N2O5S/c1-4-23-16(22)14-10(2)18-17(25-14)19-15(21)13(24-11(3)20)12-8-6-5-7-9-12/h5-9,13H,4H2,1-3H3,(H,18,19,21)/t13-/m1/s1. The number of esters is 2. The smallest absolute Gasteiger partial charge is 0.350 e. The molecular weight excluding hydrogens is 344 g/mol. The second-order valence-electron chi connectivity index (χ2n) is 5.04. The number of hydrogen-bond donors (Lipinski definition) is 1. The van der Waals surface area contributed by atoms with Crippen molar-refractivity contribution in [1.29, 1.82) is 0 Å². The lowest BCUT2D eigenvalue weighted by molar-refractivity contribution is -0.152. The van der Waals surface area contributed by atoms with Crippen molar-refractivity contribution >= 4 is 34.3 Å². The number of benzene rings is 1. The Bertz CT molecular complexity index is 773. The van der Waals surface area contributed by atoms with E-state index in [1.165, 1.54) is 6.92 Å². The number of ether oxygens (including phenoxy) is 2. The van der Waals surface area contributed by atoms with E-state index >= 15 is 0 Å². The average Bonchev–Trinajstić information content (AvgIpc) is 2.94. The summed E-state index contributed by atoms with van der Waals surface area (Å²) in [5.74, 6) is -1.62. The number of anilines is 1. The number of amides is 1. The van der Waals surface area contributed by atoms with Crippen molar-refractivity contribution in [3.05, 3.63) is 46.5 Å². The summed E-state index contributed by atoms with van der Waals surface area (Å²) in [6, 6.07) is 8.65. The van der Waals surface area contributed by atoms with Crippen molar-refractivity contribution < 1.29 is 23.9 Å². The average molecular weight is 362 g/mol. The summed E-state index contributed by atoms with van der Waals surface area (Å²) in [5.41, 5.74) is 0.997. The van der Waals surface area contributed by atoms with E-state index in [0.29, 0.717) is 16.1 Å². The number of nitrogens with one attached hydrogen (secondary N) is 1. The molecule has 0 saturated heterocycles. The van der Waals surface area contributed by atoms with Gasteiger partial charge in [-0.3, -0.25) is 14.9 Å². The Labute approximate surface area is 149 Å². The van der Waals surface area contributed by atoms with Gasteiger partial charge in [0.1, 0.15) is 4.88 Å². The molecule has 1 aromatic carbocycles. The molecule has 0 spiro atoms. The summed E-state index contributed by atoms with van der Waals surface area (Å²) < 4.78 is 10.1. The van der Waals surface area contributed by atoms with E-state index in [-0.39, 0.29) is 11.7 Å². The molecule has 8 heteroatoms. The second kappa shape index (κ2) is 8.39. The molecule has 0 aliphatic rings. The molecule has 0 saturated carbocycles. The molecule has 0 unspecified atom stereocenters. The Balaban J connectivity index is 2.20. The van der Waals surface area contributed by atoms with Crippen LogP contribution in [0.3, 0.4) is 0 Å². The number of rotatable bonds is 6. The number of aromatic nitrogens is 1. The highest BCUT2D eigenvalue weighted by atomic mass is 32.1. The van der Waals surface area contributed by atoms with E-state index < -0.39 is 23.9 Å². The van der Waals surface area contributed by atoms with Gasteiger partial charge in [0.25, 0.3) is 5.91 Å². The minimum Gasteiger partial charge on any atom is -0.462 e. The molecule has 1 amide bonds. The first-order valence-corrected chi connectivity index (χ1v) is 8.41. The van der Waals surface area contributed by atoms with Gasteiger partial charge in [0, 0.05) is 12.5 Å². The molecule has 0 aliphatic carbocycles. The molecule has 0 bridgehead atoms. The first kappa shape index (κ1) is 18.6. The van der Waals surface area contributed by atoms with Crippen molar-refractivity contribution in [3.8, 4) is 0 Å². The van der Waals surface area contributed by atoms with Gasteiger partial charge in [-0.2, -0.15) is 0 Å². The Hall–Kier alpha value is -2.74. The number of carbonyl (C=O) groups excluding carboxylic acids is 3. The molecule has 2 aromatic rings. The van der Waals surface area contributed by atoms with Gasteiger partial charge in [-0.15, -0.1) is 0 Å². The number of thiazole rings is 1. The third-order valence-electron chi connectivity index (χ3n) is 3.11. The fourth-order valence-corrected chi connectivity index (χ4v) is 2.94. The summed E-state index contributed by atoms with van der Waals surface area (Å²) in [6.45, 7) is 4.84. The first-order valence-electron chi connectivity index (χ1n) is 7.60. The highest BCUT2D eigenvalue weighted by Crippen LogP contribution is 2.26. The summed E-state index contributed by atoms with van der Waals surface area (Å²) in [5, 5.41) is 2.82. The van der Waals surface area contributed by atoms with Crippen LogP contribution in [0, 0.1) is 6.92 Å². The van der Waals surface area contributed by atoms with Gasteiger partial charge in [0.15, 0.2) is 5.13 Å². The minimum atomic E-state index is -1.10. The minimum absolute atomic E-state index is 0.235. The third kappa shape index (κ3) is 4.87. The van der Waals surface area contributed by atoms with Gasteiger partial charge in [0.2, 0.25) is 6.10 Å². The van der Waals surface area contributed by atoms with Crippen LogP contribution in [0.15, 0.2) is 30.3 Å². The zero-order chi connectivity index (χ0) is 18.4. The Morgan fingerprint density at radius 1 is 1.24 bits per heavy atom. The lowest BCUT2D eigenvalue weighted by atomic mass is 10.1. The molecule has 1 N–H and O–H groups in total. The van der Waals surface area contributed by atoms with Crippen LogP contribution >= 0.6 is 11.3 Å². The van der Waals surface area contributed by atoms with Crippen LogP contribution in [0.4, 0.5) is 5.13 Å².